The van der Waals surface area contributed by atoms with E-state index in [1.165, 1.54) is 0 Å². The molecule has 0 aliphatic heterocycles. The lowest BCUT2D eigenvalue weighted by atomic mass is 9.97. The van der Waals surface area contributed by atoms with Crippen molar-refractivity contribution < 1.29 is 8.78 Å². The summed E-state index contributed by atoms with van der Waals surface area (Å²) in [7, 11) is 0. The minimum Gasteiger partial charge on any atom is -0.310 e. The molecule has 0 heterocycles. The maximum Gasteiger partial charge on any atom is 0.166 e. The summed E-state index contributed by atoms with van der Waals surface area (Å²) in [6, 6.07) is 8.68. The molecule has 2 aromatic carbocycles. The van der Waals surface area contributed by atoms with Gasteiger partial charge in [0.25, 0.3) is 0 Å². The van der Waals surface area contributed by atoms with Gasteiger partial charge in [0.05, 0.1) is 0 Å². The van der Waals surface area contributed by atoms with E-state index in [-0.39, 0.29) is 11.6 Å². The van der Waals surface area contributed by atoms with E-state index in [0.717, 1.165) is 5.56 Å². The first kappa shape index (κ1) is 15.9. The minimum absolute atomic E-state index is 0.260. The van der Waals surface area contributed by atoms with Gasteiger partial charge in [-0.1, -0.05) is 43.6 Å². The van der Waals surface area contributed by atoms with Crippen molar-refractivity contribution in [2.75, 3.05) is 0 Å². The van der Waals surface area contributed by atoms with Gasteiger partial charge in [-0.25, -0.2) is 8.78 Å². The molecule has 0 radical (unpaired) electrons. The Kier molecular flexibility index (Phi) is 4.96. The molecule has 0 unspecified atom stereocenters. The Bertz CT molecular complexity index is 653. The van der Waals surface area contributed by atoms with E-state index in [4.69, 9.17) is 11.6 Å². The minimum atomic E-state index is -0.817. The van der Waals surface area contributed by atoms with Crippen LogP contribution >= 0.6 is 11.6 Å². The van der Waals surface area contributed by atoms with Crippen molar-refractivity contribution in [2.45, 2.75) is 33.4 Å². The first-order valence-corrected chi connectivity index (χ1v) is 7.24. The summed E-state index contributed by atoms with van der Waals surface area (Å²) in [6.07, 6.45) is 0. The van der Waals surface area contributed by atoms with Crippen LogP contribution in [0.5, 0.6) is 0 Å². The molecule has 0 amide bonds. The highest BCUT2D eigenvalue weighted by Crippen LogP contribution is 2.30. The molecule has 0 atom stereocenters. The van der Waals surface area contributed by atoms with E-state index < -0.39 is 11.6 Å². The summed E-state index contributed by atoms with van der Waals surface area (Å²) < 4.78 is 28.0. The van der Waals surface area contributed by atoms with Gasteiger partial charge in [0.1, 0.15) is 0 Å². The van der Waals surface area contributed by atoms with E-state index in [2.05, 4.69) is 5.32 Å². The summed E-state index contributed by atoms with van der Waals surface area (Å²) in [5.74, 6) is -1.62. The predicted molar refractivity (Wildman–Crippen MR) is 83.5 cm³/mol. The number of halogens is 3. The fraction of sp³-hybridized carbons (Fsp3) is 0.294. The van der Waals surface area contributed by atoms with E-state index in [9.17, 15) is 8.78 Å². The summed E-state index contributed by atoms with van der Waals surface area (Å²) in [5, 5.41) is 3.85. The van der Waals surface area contributed by atoms with Gasteiger partial charge in [-0.05, 0) is 35.7 Å². The third-order valence-electron chi connectivity index (χ3n) is 3.33. The molecule has 0 fully saturated rings. The second kappa shape index (κ2) is 6.54. The average molecular weight is 310 g/mol. The Morgan fingerprint density at radius 2 is 1.71 bits per heavy atom. The quantitative estimate of drug-likeness (QED) is 0.829. The van der Waals surface area contributed by atoms with Crippen molar-refractivity contribution in [1.29, 1.82) is 0 Å². The largest absolute Gasteiger partial charge is 0.310 e. The zero-order valence-corrected chi connectivity index (χ0v) is 13.1. The SMILES string of the molecule is Cc1ccc(-c2ccc(Cl)cc2CNC(C)C)c(F)c1F. The van der Waals surface area contributed by atoms with Crippen LogP contribution in [0.1, 0.15) is 25.0 Å². The van der Waals surface area contributed by atoms with Gasteiger partial charge < -0.3 is 5.32 Å². The van der Waals surface area contributed by atoms with Crippen LogP contribution in [0.3, 0.4) is 0 Å². The number of hydrogen-bond acceptors (Lipinski definition) is 1. The molecule has 2 aromatic rings. The van der Waals surface area contributed by atoms with Crippen LogP contribution in [0.25, 0.3) is 11.1 Å². The average Bonchev–Trinajstić information content (AvgIpc) is 2.44. The van der Waals surface area contributed by atoms with Crippen molar-refractivity contribution in [3.63, 3.8) is 0 Å². The molecule has 0 spiro atoms. The molecule has 2 rings (SSSR count). The zero-order valence-electron chi connectivity index (χ0n) is 12.3. The maximum atomic E-state index is 14.2. The van der Waals surface area contributed by atoms with Gasteiger partial charge in [0.15, 0.2) is 11.6 Å². The number of nitrogens with one attached hydrogen (secondary N) is 1. The van der Waals surface area contributed by atoms with E-state index in [1.807, 2.05) is 13.8 Å². The Hall–Kier alpha value is -1.45. The molecule has 0 bridgehead atoms. The number of rotatable bonds is 4. The third-order valence-corrected chi connectivity index (χ3v) is 3.57. The lowest BCUT2D eigenvalue weighted by Gasteiger charge is -2.14. The molecule has 0 aliphatic rings. The fourth-order valence-electron chi connectivity index (χ4n) is 2.14. The van der Waals surface area contributed by atoms with Crippen LogP contribution < -0.4 is 5.32 Å². The Balaban J connectivity index is 2.51. The highest BCUT2D eigenvalue weighted by Gasteiger charge is 2.15. The molecular formula is C17H18ClF2N. The molecule has 1 N–H and O–H groups in total. The van der Waals surface area contributed by atoms with Gasteiger partial charge >= 0.3 is 0 Å². The Labute approximate surface area is 128 Å². The van der Waals surface area contributed by atoms with Crippen molar-refractivity contribution in [3.05, 3.63) is 58.1 Å². The highest BCUT2D eigenvalue weighted by atomic mass is 35.5. The highest BCUT2D eigenvalue weighted by molar-refractivity contribution is 6.30. The van der Waals surface area contributed by atoms with Crippen LogP contribution in [0.2, 0.25) is 5.02 Å². The smallest absolute Gasteiger partial charge is 0.166 e. The second-order valence-corrected chi connectivity index (χ2v) is 5.83. The molecule has 0 saturated heterocycles. The molecule has 0 saturated carbocycles. The number of hydrogen-bond donors (Lipinski definition) is 1. The van der Waals surface area contributed by atoms with E-state index >= 15 is 0 Å². The maximum absolute atomic E-state index is 14.2. The first-order valence-electron chi connectivity index (χ1n) is 6.87. The van der Waals surface area contributed by atoms with Gasteiger partial charge in [-0.3, -0.25) is 0 Å². The molecule has 0 aromatic heterocycles. The first-order chi connectivity index (χ1) is 9.90. The molecule has 0 aliphatic carbocycles. The monoisotopic (exact) mass is 309 g/mol. The van der Waals surface area contributed by atoms with Crippen LogP contribution in [0.4, 0.5) is 8.78 Å². The van der Waals surface area contributed by atoms with Crippen LogP contribution in [0.15, 0.2) is 30.3 Å². The summed E-state index contributed by atoms with van der Waals surface area (Å²) in [4.78, 5) is 0. The Morgan fingerprint density at radius 3 is 2.38 bits per heavy atom. The van der Waals surface area contributed by atoms with Gasteiger partial charge in [0, 0.05) is 23.2 Å². The van der Waals surface area contributed by atoms with Crippen molar-refractivity contribution in [3.8, 4) is 11.1 Å². The topological polar surface area (TPSA) is 12.0 Å². The van der Waals surface area contributed by atoms with Gasteiger partial charge in [0.2, 0.25) is 0 Å². The van der Waals surface area contributed by atoms with Crippen LogP contribution in [0, 0.1) is 18.6 Å². The lowest BCUT2D eigenvalue weighted by Crippen LogP contribution is -2.22. The molecule has 4 heteroatoms. The third kappa shape index (κ3) is 3.60. The predicted octanol–water partition coefficient (Wildman–Crippen LogP) is 5.09. The van der Waals surface area contributed by atoms with Gasteiger partial charge in [-0.2, -0.15) is 0 Å². The number of benzene rings is 2. The number of aryl methyl sites for hydroxylation is 1. The molecule has 21 heavy (non-hydrogen) atoms. The zero-order chi connectivity index (χ0) is 15.6. The second-order valence-electron chi connectivity index (χ2n) is 5.40. The summed E-state index contributed by atoms with van der Waals surface area (Å²) >= 11 is 6.02. The normalized spacial score (nSPS) is 11.2. The Morgan fingerprint density at radius 1 is 1.05 bits per heavy atom. The van der Waals surface area contributed by atoms with Crippen molar-refractivity contribution in [1.82, 2.24) is 5.32 Å². The van der Waals surface area contributed by atoms with Crippen LogP contribution in [-0.4, -0.2) is 6.04 Å². The molecule has 1 nitrogen and oxygen atoms in total. The lowest BCUT2D eigenvalue weighted by molar-refractivity contribution is 0.505. The van der Waals surface area contributed by atoms with E-state index in [1.54, 1.807) is 37.3 Å². The molecule has 112 valence electrons. The van der Waals surface area contributed by atoms with Crippen molar-refractivity contribution >= 4 is 11.6 Å². The van der Waals surface area contributed by atoms with Gasteiger partial charge in [-0.15, -0.1) is 0 Å². The summed E-state index contributed by atoms with van der Waals surface area (Å²) in [6.45, 7) is 6.14. The molecular weight excluding hydrogens is 292 g/mol. The van der Waals surface area contributed by atoms with Crippen molar-refractivity contribution in [2.24, 2.45) is 0 Å². The van der Waals surface area contributed by atoms with Crippen LogP contribution in [-0.2, 0) is 6.54 Å². The van der Waals surface area contributed by atoms with E-state index in [0.29, 0.717) is 22.7 Å². The standard InChI is InChI=1S/C17H18ClF2N/c1-10(2)21-9-12-8-13(18)5-7-14(12)15-6-4-11(3)16(19)17(15)20/h4-8,10,21H,9H2,1-3H3. The summed E-state index contributed by atoms with van der Waals surface area (Å²) in [5.41, 5.74) is 2.06. The fourth-order valence-corrected chi connectivity index (χ4v) is 2.33.